The van der Waals surface area contributed by atoms with E-state index in [1.807, 2.05) is 19.1 Å². The van der Waals surface area contributed by atoms with Crippen molar-refractivity contribution in [2.75, 3.05) is 18.5 Å². The minimum absolute atomic E-state index is 0.269. The number of halogens is 1. The molecule has 2 aromatic carbocycles. The van der Waals surface area contributed by atoms with Gasteiger partial charge in [-0.15, -0.1) is 0 Å². The molecule has 0 amide bonds. The van der Waals surface area contributed by atoms with Gasteiger partial charge in [0, 0.05) is 5.56 Å². The summed E-state index contributed by atoms with van der Waals surface area (Å²) in [6.45, 7) is 5.10. The van der Waals surface area contributed by atoms with E-state index in [1.165, 1.54) is 49.4 Å². The Balaban J connectivity index is 1.71. The van der Waals surface area contributed by atoms with Gasteiger partial charge >= 0.3 is 0 Å². The van der Waals surface area contributed by atoms with Crippen molar-refractivity contribution in [1.29, 1.82) is 0 Å². The van der Waals surface area contributed by atoms with Crippen LogP contribution < -0.4 is 10.3 Å². The molecule has 1 aliphatic rings. The number of anilines is 1. The maximum Gasteiger partial charge on any atom is 0.124 e. The summed E-state index contributed by atoms with van der Waals surface area (Å²) in [5.41, 5.74) is 6.43. The Morgan fingerprint density at radius 3 is 2.56 bits per heavy atom. The van der Waals surface area contributed by atoms with Gasteiger partial charge in [0.1, 0.15) is 18.1 Å². The summed E-state index contributed by atoms with van der Waals surface area (Å²) < 4.78 is 12.9. The third kappa shape index (κ3) is 4.79. The van der Waals surface area contributed by atoms with E-state index < -0.39 is 0 Å². The van der Waals surface area contributed by atoms with E-state index in [-0.39, 0.29) is 5.82 Å². The normalized spacial score (nSPS) is 16.0. The number of hydrogen-bond acceptors (Lipinski definition) is 3. The van der Waals surface area contributed by atoms with Gasteiger partial charge in [-0.3, -0.25) is 5.43 Å². The van der Waals surface area contributed by atoms with Gasteiger partial charge in [0.05, 0.1) is 24.5 Å². The number of benzene rings is 2. The SMILES string of the molecule is C/C(=N\Nc1ccc(F)cc1)c1ccc(O)c(C[NH+]2CCCCC2)c1. The van der Waals surface area contributed by atoms with Crippen LogP contribution in [0.25, 0.3) is 0 Å². The molecular weight excluding hydrogens is 317 g/mol. The topological polar surface area (TPSA) is 49.1 Å². The van der Waals surface area contributed by atoms with Gasteiger partial charge in [0.15, 0.2) is 0 Å². The van der Waals surface area contributed by atoms with Crippen LogP contribution in [0.5, 0.6) is 5.75 Å². The Morgan fingerprint density at radius 1 is 1.12 bits per heavy atom. The van der Waals surface area contributed by atoms with Crippen molar-refractivity contribution in [3.05, 3.63) is 59.4 Å². The van der Waals surface area contributed by atoms with Crippen molar-refractivity contribution in [3.63, 3.8) is 0 Å². The molecule has 0 saturated carbocycles. The van der Waals surface area contributed by atoms with E-state index in [0.717, 1.165) is 29.1 Å². The van der Waals surface area contributed by atoms with E-state index in [4.69, 9.17) is 0 Å². The van der Waals surface area contributed by atoms with Gasteiger partial charge in [-0.25, -0.2) is 4.39 Å². The maximum absolute atomic E-state index is 12.9. The van der Waals surface area contributed by atoms with Gasteiger partial charge in [-0.1, -0.05) is 0 Å². The number of phenols is 1. The Bertz CT molecular complexity index is 737. The number of likely N-dealkylation sites (tertiary alicyclic amines) is 1. The second-order valence-corrected chi connectivity index (χ2v) is 6.65. The molecule has 3 rings (SSSR count). The van der Waals surface area contributed by atoms with Gasteiger partial charge in [0.25, 0.3) is 0 Å². The number of piperidine rings is 1. The average molecular weight is 342 g/mol. The van der Waals surface area contributed by atoms with E-state index in [2.05, 4.69) is 10.5 Å². The van der Waals surface area contributed by atoms with Crippen LogP contribution in [-0.4, -0.2) is 23.9 Å². The third-order valence-corrected chi connectivity index (χ3v) is 4.70. The van der Waals surface area contributed by atoms with Crippen LogP contribution in [0, 0.1) is 5.82 Å². The van der Waals surface area contributed by atoms with Gasteiger partial charge in [-0.2, -0.15) is 5.10 Å². The molecule has 0 aromatic heterocycles. The highest BCUT2D eigenvalue weighted by Gasteiger charge is 2.16. The van der Waals surface area contributed by atoms with Crippen LogP contribution in [0.4, 0.5) is 10.1 Å². The maximum atomic E-state index is 12.9. The highest BCUT2D eigenvalue weighted by atomic mass is 19.1. The van der Waals surface area contributed by atoms with Crippen molar-refractivity contribution >= 4 is 11.4 Å². The second kappa shape index (κ2) is 8.12. The number of hydrazone groups is 1. The summed E-state index contributed by atoms with van der Waals surface area (Å²) in [4.78, 5) is 1.53. The first-order chi connectivity index (χ1) is 12.1. The molecule has 3 N–H and O–H groups in total. The van der Waals surface area contributed by atoms with Crippen molar-refractivity contribution in [3.8, 4) is 5.75 Å². The summed E-state index contributed by atoms with van der Waals surface area (Å²) in [6, 6.07) is 11.7. The van der Waals surface area contributed by atoms with Gasteiger partial charge < -0.3 is 10.0 Å². The molecule has 4 nitrogen and oxygen atoms in total. The molecule has 0 spiro atoms. The second-order valence-electron chi connectivity index (χ2n) is 6.65. The summed E-state index contributed by atoms with van der Waals surface area (Å²) in [5.74, 6) is 0.0794. The van der Waals surface area contributed by atoms with Crippen LogP contribution in [0.3, 0.4) is 0 Å². The third-order valence-electron chi connectivity index (χ3n) is 4.70. The lowest BCUT2D eigenvalue weighted by atomic mass is 10.0. The van der Waals surface area contributed by atoms with Crippen molar-refractivity contribution in [2.45, 2.75) is 32.7 Å². The number of quaternary nitrogens is 1. The summed E-state index contributed by atoms with van der Waals surface area (Å²) in [6.07, 6.45) is 3.84. The molecular formula is C20H25FN3O+. The zero-order chi connectivity index (χ0) is 17.6. The molecule has 0 bridgehead atoms. The molecule has 2 aromatic rings. The van der Waals surface area contributed by atoms with Gasteiger partial charge in [-0.05, 0) is 74.2 Å². The summed E-state index contributed by atoms with van der Waals surface area (Å²) >= 11 is 0. The number of hydrogen-bond donors (Lipinski definition) is 3. The Hall–Kier alpha value is -2.40. The fourth-order valence-electron chi connectivity index (χ4n) is 3.19. The van der Waals surface area contributed by atoms with Crippen molar-refractivity contribution in [2.24, 2.45) is 5.10 Å². The van der Waals surface area contributed by atoms with E-state index in [1.54, 1.807) is 18.2 Å². The van der Waals surface area contributed by atoms with E-state index in [0.29, 0.717) is 5.75 Å². The van der Waals surface area contributed by atoms with Crippen LogP contribution >= 0.6 is 0 Å². The highest BCUT2D eigenvalue weighted by molar-refractivity contribution is 5.99. The first kappa shape index (κ1) is 17.4. The molecule has 0 atom stereocenters. The molecule has 0 unspecified atom stereocenters. The quantitative estimate of drug-likeness (QED) is 0.578. The molecule has 0 radical (unpaired) electrons. The van der Waals surface area contributed by atoms with Crippen molar-refractivity contribution < 1.29 is 14.4 Å². The minimum Gasteiger partial charge on any atom is -0.507 e. The molecule has 1 heterocycles. The smallest absolute Gasteiger partial charge is 0.124 e. The van der Waals surface area contributed by atoms with Crippen molar-refractivity contribution in [1.82, 2.24) is 0 Å². The fraction of sp³-hybridized carbons (Fsp3) is 0.350. The summed E-state index contributed by atoms with van der Waals surface area (Å²) in [7, 11) is 0. The molecule has 1 fully saturated rings. The first-order valence-corrected chi connectivity index (χ1v) is 8.83. The Morgan fingerprint density at radius 2 is 1.84 bits per heavy atom. The number of rotatable bonds is 5. The predicted octanol–water partition coefficient (Wildman–Crippen LogP) is 2.94. The lowest BCUT2D eigenvalue weighted by molar-refractivity contribution is -0.918. The molecule has 1 saturated heterocycles. The lowest BCUT2D eigenvalue weighted by Crippen LogP contribution is -3.11. The predicted molar refractivity (Wildman–Crippen MR) is 98.6 cm³/mol. The standard InChI is InChI=1S/C20H24FN3O/c1-15(22-23-19-8-6-18(21)7-9-19)16-5-10-20(25)17(13-16)14-24-11-3-2-4-12-24/h5-10,13,23,25H,2-4,11-12,14H2,1H3/p+1/b22-15+. The van der Waals surface area contributed by atoms with E-state index in [9.17, 15) is 9.50 Å². The number of phenolic OH excluding ortho intramolecular Hbond substituents is 1. The molecule has 25 heavy (non-hydrogen) atoms. The van der Waals surface area contributed by atoms with E-state index >= 15 is 0 Å². The number of aromatic hydroxyl groups is 1. The Kier molecular flexibility index (Phi) is 5.66. The zero-order valence-corrected chi connectivity index (χ0v) is 14.6. The number of nitrogens with zero attached hydrogens (tertiary/aromatic N) is 1. The molecule has 0 aliphatic carbocycles. The Labute approximate surface area is 148 Å². The molecule has 5 heteroatoms. The fourth-order valence-corrected chi connectivity index (χ4v) is 3.19. The van der Waals surface area contributed by atoms with Crippen LogP contribution in [0.2, 0.25) is 0 Å². The van der Waals surface area contributed by atoms with Crippen LogP contribution in [0.1, 0.15) is 37.3 Å². The monoisotopic (exact) mass is 342 g/mol. The highest BCUT2D eigenvalue weighted by Crippen LogP contribution is 2.19. The number of nitrogens with one attached hydrogen (secondary N) is 2. The molecule has 1 aliphatic heterocycles. The van der Waals surface area contributed by atoms with Crippen LogP contribution in [-0.2, 0) is 6.54 Å². The summed E-state index contributed by atoms with van der Waals surface area (Å²) in [5, 5.41) is 14.5. The largest absolute Gasteiger partial charge is 0.507 e. The van der Waals surface area contributed by atoms with Crippen LogP contribution in [0.15, 0.2) is 47.6 Å². The first-order valence-electron chi connectivity index (χ1n) is 8.83. The zero-order valence-electron chi connectivity index (χ0n) is 14.6. The molecule has 132 valence electrons. The minimum atomic E-state index is -0.269. The van der Waals surface area contributed by atoms with Gasteiger partial charge in [0.2, 0.25) is 0 Å². The average Bonchev–Trinajstić information content (AvgIpc) is 2.64. The lowest BCUT2D eigenvalue weighted by Gasteiger charge is -2.24.